The van der Waals surface area contributed by atoms with Crippen LogP contribution >= 0.6 is 0 Å². The van der Waals surface area contributed by atoms with Crippen LogP contribution in [-0.2, 0) is 39.8 Å². The molecule has 1 aromatic rings. The number of hydrogen-bond donors (Lipinski definition) is 0. The van der Waals surface area contributed by atoms with Crippen LogP contribution < -0.4 is 4.74 Å². The van der Waals surface area contributed by atoms with Crippen molar-refractivity contribution in [2.75, 3.05) is 0 Å². The van der Waals surface area contributed by atoms with Gasteiger partial charge in [0.2, 0.25) is 6.29 Å². The van der Waals surface area contributed by atoms with Gasteiger partial charge in [-0.1, -0.05) is 19.1 Å². The minimum absolute atomic E-state index is 0.0322. The van der Waals surface area contributed by atoms with E-state index in [-0.39, 0.29) is 47.3 Å². The van der Waals surface area contributed by atoms with Crippen molar-refractivity contribution in [2.45, 2.75) is 121 Å². The molecule has 40 heavy (non-hydrogen) atoms. The number of carbonyl (C=O) groups excluding carboxylic acids is 3. The summed E-state index contributed by atoms with van der Waals surface area (Å²) in [6, 6.07) is 4.19. The van der Waals surface area contributed by atoms with Crippen LogP contribution in [0.4, 0.5) is 0 Å². The second-order valence-electron chi connectivity index (χ2n) is 13.4. The highest BCUT2D eigenvalue weighted by molar-refractivity contribution is 5.98. The fourth-order valence-corrected chi connectivity index (χ4v) is 8.79. The number of hydrogen-bond acceptors (Lipinski definition) is 8. The van der Waals surface area contributed by atoms with Crippen molar-refractivity contribution in [1.82, 2.24) is 0 Å². The Morgan fingerprint density at radius 2 is 1.90 bits per heavy atom. The summed E-state index contributed by atoms with van der Waals surface area (Å²) in [5, 5.41) is 0. The average Bonchev–Trinajstić information content (AvgIpc) is 3.74. The first-order valence-electron chi connectivity index (χ1n) is 14.6. The number of ether oxygens (including phenoxy) is 5. The number of ketones is 1. The fourth-order valence-electron chi connectivity index (χ4n) is 8.79. The van der Waals surface area contributed by atoms with E-state index in [0.717, 1.165) is 42.4 Å². The highest BCUT2D eigenvalue weighted by Crippen LogP contribution is 2.70. The molecule has 0 aromatic heterocycles. The predicted molar refractivity (Wildman–Crippen MR) is 143 cm³/mol. The van der Waals surface area contributed by atoms with Crippen molar-refractivity contribution < 1.29 is 38.1 Å². The van der Waals surface area contributed by atoms with Gasteiger partial charge in [-0.2, -0.15) is 0 Å². The monoisotopic (exact) mass is 550 g/mol. The number of benzene rings is 1. The normalized spacial score (nSPS) is 44.6. The Labute approximate surface area is 234 Å². The Kier molecular flexibility index (Phi) is 5.45. The maximum absolute atomic E-state index is 13.4. The minimum Gasteiger partial charge on any atom is -0.433 e. The summed E-state index contributed by atoms with van der Waals surface area (Å²) in [6.07, 6.45) is 6.61. The third kappa shape index (κ3) is 3.39. The summed E-state index contributed by atoms with van der Waals surface area (Å²) in [5.41, 5.74) is 1.13. The zero-order chi connectivity index (χ0) is 28.4. The number of aryl methyl sites for hydroxylation is 1. The summed E-state index contributed by atoms with van der Waals surface area (Å²) in [4.78, 5) is 37.5. The molecular weight excluding hydrogens is 512 g/mol. The van der Waals surface area contributed by atoms with Gasteiger partial charge in [0.05, 0.1) is 17.6 Å². The van der Waals surface area contributed by atoms with Crippen LogP contribution in [-0.4, -0.2) is 53.0 Å². The van der Waals surface area contributed by atoms with Crippen LogP contribution in [0.15, 0.2) is 24.3 Å². The molecule has 0 amide bonds. The molecule has 3 saturated heterocycles. The topological polar surface area (TPSA) is 104 Å². The lowest BCUT2D eigenvalue weighted by molar-refractivity contribution is -0.215. The summed E-state index contributed by atoms with van der Waals surface area (Å²) < 4.78 is 30.2. The van der Waals surface area contributed by atoms with E-state index >= 15 is 0 Å². The van der Waals surface area contributed by atoms with E-state index in [9.17, 15) is 14.4 Å². The van der Waals surface area contributed by atoms with Gasteiger partial charge in [-0.25, -0.2) is 0 Å². The smallest absolute Gasteiger partial charge is 0.308 e. The van der Waals surface area contributed by atoms with Crippen LogP contribution in [0.3, 0.4) is 0 Å². The maximum Gasteiger partial charge on any atom is 0.308 e. The van der Waals surface area contributed by atoms with Crippen LogP contribution in [0.25, 0.3) is 0 Å². The molecule has 10 atom stereocenters. The van der Waals surface area contributed by atoms with Crippen LogP contribution in [0, 0.1) is 11.3 Å². The third-order valence-corrected chi connectivity index (χ3v) is 11.3. The van der Waals surface area contributed by atoms with Gasteiger partial charge in [0.15, 0.2) is 11.4 Å². The molecule has 1 aromatic carbocycles. The molecule has 7 rings (SSSR count). The first kappa shape index (κ1) is 26.4. The molecule has 214 valence electrons. The summed E-state index contributed by atoms with van der Waals surface area (Å²) >= 11 is 0. The molecule has 0 bridgehead atoms. The molecule has 4 fully saturated rings. The second-order valence-corrected chi connectivity index (χ2v) is 13.4. The van der Waals surface area contributed by atoms with Crippen molar-refractivity contribution in [3.05, 3.63) is 41.0 Å². The van der Waals surface area contributed by atoms with E-state index in [1.807, 2.05) is 26.0 Å². The van der Waals surface area contributed by atoms with Crippen molar-refractivity contribution in [3.63, 3.8) is 0 Å². The fraction of sp³-hybridized carbons (Fsp3) is 0.656. The van der Waals surface area contributed by atoms with Gasteiger partial charge in [-0.15, -0.1) is 0 Å². The van der Waals surface area contributed by atoms with Gasteiger partial charge in [0, 0.05) is 31.7 Å². The molecule has 8 nitrogen and oxygen atoms in total. The van der Waals surface area contributed by atoms with Crippen molar-refractivity contribution in [2.24, 2.45) is 11.3 Å². The van der Waals surface area contributed by atoms with E-state index in [2.05, 4.69) is 19.9 Å². The quantitative estimate of drug-likeness (QED) is 0.303. The zero-order valence-electron chi connectivity index (χ0n) is 24.1. The number of rotatable bonds is 4. The molecule has 0 radical (unpaired) electrons. The van der Waals surface area contributed by atoms with E-state index in [1.54, 1.807) is 6.08 Å². The van der Waals surface area contributed by atoms with Crippen LogP contribution in [0.2, 0.25) is 0 Å². The first-order chi connectivity index (χ1) is 18.8. The number of epoxide rings is 2. The molecule has 6 aliphatic rings. The van der Waals surface area contributed by atoms with E-state index in [4.69, 9.17) is 23.7 Å². The van der Waals surface area contributed by atoms with Crippen LogP contribution in [0.5, 0.6) is 5.75 Å². The average molecular weight is 551 g/mol. The lowest BCUT2D eigenvalue weighted by Crippen LogP contribution is -2.56. The van der Waals surface area contributed by atoms with Crippen molar-refractivity contribution in [1.29, 1.82) is 0 Å². The molecule has 3 aliphatic carbocycles. The highest BCUT2D eigenvalue weighted by Gasteiger charge is 2.76. The van der Waals surface area contributed by atoms with E-state index < -0.39 is 28.9 Å². The maximum atomic E-state index is 13.4. The van der Waals surface area contributed by atoms with Gasteiger partial charge in [0.25, 0.3) is 0 Å². The Morgan fingerprint density at radius 3 is 2.62 bits per heavy atom. The standard InChI is InChI=1S/C32H38O8/c1-16(24-15-29(4)31(6,40-29)28(38-24)37-18(3)34)20-12-19-9-10-22-21(27(19)23(13-20)36-17(2)33)14-26-32(39-26)11-7-8-25(35)30(22,32)5/h7-8,12-13,16,21-22,24,26,28H,9-11,14-15H2,1-6H3/t16-,21+,22-,24+,26-,28+,29-,30-,31+,32-/m0/s1. The Bertz CT molecular complexity index is 1370. The highest BCUT2D eigenvalue weighted by atomic mass is 16.8. The van der Waals surface area contributed by atoms with Crippen LogP contribution in [0.1, 0.15) is 95.8 Å². The Morgan fingerprint density at radius 1 is 1.12 bits per heavy atom. The SMILES string of the molecule is CC(=O)Oc1cc([C@H](C)[C@H]2C[C@]3(C)O[C@]3(C)[C@H](OC(C)=O)O2)cc2c1[C@@H]1C[C@@H]3O[C@@]34CC=CC(=O)[C@]4(C)[C@H]1CC2. The van der Waals surface area contributed by atoms with Crippen molar-refractivity contribution >= 4 is 17.7 Å². The largest absolute Gasteiger partial charge is 0.433 e. The summed E-state index contributed by atoms with van der Waals surface area (Å²) in [5.74, 6) is 0.0561. The molecule has 3 aliphatic heterocycles. The molecule has 3 heterocycles. The molecule has 1 spiro atoms. The molecule has 8 heteroatoms. The predicted octanol–water partition coefficient (Wildman–Crippen LogP) is 4.66. The lowest BCUT2D eigenvalue weighted by atomic mass is 9.49. The van der Waals surface area contributed by atoms with Gasteiger partial charge >= 0.3 is 11.9 Å². The van der Waals surface area contributed by atoms with Gasteiger partial charge in [-0.3, -0.25) is 14.4 Å². The molecule has 0 N–H and O–H groups in total. The summed E-state index contributed by atoms with van der Waals surface area (Å²) in [7, 11) is 0. The number of allylic oxidation sites excluding steroid dienone is 1. The van der Waals surface area contributed by atoms with Gasteiger partial charge < -0.3 is 23.7 Å². The number of carbonyl (C=O) groups is 3. The van der Waals surface area contributed by atoms with E-state index in [1.165, 1.54) is 13.8 Å². The van der Waals surface area contributed by atoms with Gasteiger partial charge in [0.1, 0.15) is 17.0 Å². The molecular formula is C32H38O8. The number of esters is 2. The minimum atomic E-state index is -0.786. The third-order valence-electron chi connectivity index (χ3n) is 11.3. The second kappa shape index (κ2) is 8.26. The zero-order valence-corrected chi connectivity index (χ0v) is 24.1. The van der Waals surface area contributed by atoms with Crippen molar-refractivity contribution in [3.8, 4) is 5.75 Å². The van der Waals surface area contributed by atoms with E-state index in [0.29, 0.717) is 12.2 Å². The Balaban J connectivity index is 1.24. The summed E-state index contributed by atoms with van der Waals surface area (Å²) in [6.45, 7) is 10.9. The Hall–Kier alpha value is -2.55. The lowest BCUT2D eigenvalue weighted by Gasteiger charge is -2.51. The molecule has 1 saturated carbocycles. The number of fused-ring (bicyclic) bond motifs is 5. The first-order valence-corrected chi connectivity index (χ1v) is 14.6. The van der Waals surface area contributed by atoms with Gasteiger partial charge in [-0.05, 0) is 81.6 Å². The molecule has 0 unspecified atom stereocenters.